The summed E-state index contributed by atoms with van der Waals surface area (Å²) in [6, 6.07) is 0.679. The van der Waals surface area contributed by atoms with Gasteiger partial charge in [0, 0.05) is 43.0 Å². The van der Waals surface area contributed by atoms with Crippen LogP contribution in [0.15, 0.2) is 23.1 Å². The Balaban J connectivity index is 1.99. The van der Waals surface area contributed by atoms with Gasteiger partial charge in [-0.3, -0.25) is 14.4 Å². The molecule has 33 heavy (non-hydrogen) atoms. The van der Waals surface area contributed by atoms with Crippen LogP contribution in [-0.2, 0) is 6.54 Å². The van der Waals surface area contributed by atoms with Gasteiger partial charge >= 0.3 is 0 Å². The molecule has 3 rings (SSSR count). The van der Waals surface area contributed by atoms with Crippen LogP contribution < -0.4 is 10.7 Å². The number of likely N-dealkylation sites (tertiary alicyclic amines) is 1. The second-order valence-electron chi connectivity index (χ2n) is 8.30. The van der Waals surface area contributed by atoms with Crippen molar-refractivity contribution in [1.82, 2.24) is 14.8 Å². The standard InChI is InChI=1S/C23H26F3N3O4/c1-3-13-5-4-6-28(2)11-19(13)29-10-16(21(31)22(32)20(29)12-30)23(33)27-9-15-17(25)7-14(24)8-18(15)26/h7-8,10,12-13,19,32H,3-6,9,11H2,1-2H3,(H,27,33). The second-order valence-corrected chi connectivity index (χ2v) is 8.30. The molecule has 2 atom stereocenters. The highest BCUT2D eigenvalue weighted by atomic mass is 19.1. The van der Waals surface area contributed by atoms with Crippen molar-refractivity contribution in [2.45, 2.75) is 38.8 Å². The van der Waals surface area contributed by atoms with E-state index in [1.807, 2.05) is 14.0 Å². The second kappa shape index (κ2) is 10.2. The Morgan fingerprint density at radius 1 is 1.27 bits per heavy atom. The predicted octanol–water partition coefficient (Wildman–Crippen LogP) is 3.01. The van der Waals surface area contributed by atoms with Crippen LogP contribution in [0.2, 0.25) is 0 Å². The molecule has 0 spiro atoms. The molecule has 1 amide bonds. The lowest BCUT2D eigenvalue weighted by molar-refractivity contribution is 0.0945. The Morgan fingerprint density at radius 2 is 1.94 bits per heavy atom. The zero-order chi connectivity index (χ0) is 24.3. The highest BCUT2D eigenvalue weighted by Gasteiger charge is 2.30. The van der Waals surface area contributed by atoms with E-state index in [-0.39, 0.29) is 17.7 Å². The lowest BCUT2D eigenvalue weighted by Crippen LogP contribution is -2.35. The summed E-state index contributed by atoms with van der Waals surface area (Å²) in [5, 5.41) is 12.7. The largest absolute Gasteiger partial charge is 0.503 e. The molecular formula is C23H26F3N3O4. The average molecular weight is 465 g/mol. The summed E-state index contributed by atoms with van der Waals surface area (Å²) < 4.78 is 42.3. The minimum Gasteiger partial charge on any atom is -0.503 e. The molecule has 1 saturated heterocycles. The smallest absolute Gasteiger partial charge is 0.257 e. The number of likely N-dealkylation sites (N-methyl/N-ethyl adjacent to an activating group) is 1. The molecule has 0 radical (unpaired) electrons. The molecule has 0 bridgehead atoms. The van der Waals surface area contributed by atoms with Gasteiger partial charge in [-0.1, -0.05) is 13.3 Å². The molecule has 2 N–H and O–H groups in total. The van der Waals surface area contributed by atoms with Gasteiger partial charge in [0.2, 0.25) is 5.43 Å². The summed E-state index contributed by atoms with van der Waals surface area (Å²) in [7, 11) is 1.92. The van der Waals surface area contributed by atoms with Gasteiger partial charge in [0.15, 0.2) is 12.0 Å². The molecule has 1 aliphatic heterocycles. The Hall–Kier alpha value is -3.14. The minimum absolute atomic E-state index is 0.133. The van der Waals surface area contributed by atoms with Gasteiger partial charge in [-0.05, 0) is 32.4 Å². The molecule has 2 heterocycles. The van der Waals surface area contributed by atoms with E-state index in [0.29, 0.717) is 25.0 Å². The lowest BCUT2D eigenvalue weighted by Gasteiger charge is -2.30. The van der Waals surface area contributed by atoms with E-state index in [2.05, 4.69) is 10.2 Å². The van der Waals surface area contributed by atoms with E-state index in [1.165, 1.54) is 10.8 Å². The van der Waals surface area contributed by atoms with Gasteiger partial charge in [-0.2, -0.15) is 0 Å². The van der Waals surface area contributed by atoms with Crippen LogP contribution in [0, 0.1) is 23.4 Å². The quantitative estimate of drug-likeness (QED) is 0.640. The van der Waals surface area contributed by atoms with E-state index in [4.69, 9.17) is 0 Å². The maximum Gasteiger partial charge on any atom is 0.257 e. The molecule has 1 aromatic heterocycles. The topological polar surface area (TPSA) is 91.6 Å². The van der Waals surface area contributed by atoms with Crippen LogP contribution in [0.1, 0.15) is 58.6 Å². The van der Waals surface area contributed by atoms with Crippen LogP contribution in [0.4, 0.5) is 13.2 Å². The van der Waals surface area contributed by atoms with Crippen LogP contribution in [0.3, 0.4) is 0 Å². The molecule has 7 nitrogen and oxygen atoms in total. The van der Waals surface area contributed by atoms with Crippen molar-refractivity contribution >= 4 is 12.2 Å². The monoisotopic (exact) mass is 465 g/mol. The first-order valence-electron chi connectivity index (χ1n) is 10.7. The number of hydrogen-bond donors (Lipinski definition) is 2. The SMILES string of the molecule is CCC1CCCN(C)CC1n1cc(C(=O)NCc2c(F)cc(F)cc2F)c(=O)c(O)c1C=O. The third kappa shape index (κ3) is 5.11. The number of aromatic nitrogens is 1. The van der Waals surface area contributed by atoms with Gasteiger partial charge in [-0.15, -0.1) is 0 Å². The lowest BCUT2D eigenvalue weighted by atomic mass is 9.92. The van der Waals surface area contributed by atoms with Gasteiger partial charge in [0.1, 0.15) is 28.7 Å². The molecule has 1 aromatic carbocycles. The minimum atomic E-state index is -1.18. The molecule has 2 unspecified atom stereocenters. The third-order valence-corrected chi connectivity index (χ3v) is 6.18. The number of carbonyl (C=O) groups excluding carboxylic acids is 2. The molecule has 178 valence electrons. The highest BCUT2D eigenvalue weighted by Crippen LogP contribution is 2.32. The number of hydrogen-bond acceptors (Lipinski definition) is 5. The van der Waals surface area contributed by atoms with Crippen molar-refractivity contribution < 1.29 is 27.9 Å². The number of rotatable bonds is 6. The van der Waals surface area contributed by atoms with Crippen molar-refractivity contribution in [2.75, 3.05) is 20.1 Å². The Morgan fingerprint density at radius 3 is 2.55 bits per heavy atom. The summed E-state index contributed by atoms with van der Waals surface area (Å²) in [5.41, 5.74) is -2.34. The van der Waals surface area contributed by atoms with Crippen molar-refractivity contribution in [1.29, 1.82) is 0 Å². The number of benzene rings is 1. The summed E-state index contributed by atoms with van der Waals surface area (Å²) >= 11 is 0. The zero-order valence-corrected chi connectivity index (χ0v) is 18.4. The summed E-state index contributed by atoms with van der Waals surface area (Å²) in [5.74, 6) is -5.18. The number of pyridine rings is 1. The fourth-order valence-corrected chi connectivity index (χ4v) is 4.36. The number of nitrogens with zero attached hydrogens (tertiary/aromatic N) is 2. The fourth-order valence-electron chi connectivity index (χ4n) is 4.36. The van der Waals surface area contributed by atoms with E-state index in [9.17, 15) is 32.7 Å². The number of amides is 1. The first-order chi connectivity index (χ1) is 15.7. The molecule has 0 aliphatic carbocycles. The number of nitrogens with one attached hydrogen (secondary N) is 1. The molecule has 10 heteroatoms. The van der Waals surface area contributed by atoms with Crippen molar-refractivity contribution in [3.63, 3.8) is 0 Å². The van der Waals surface area contributed by atoms with E-state index < -0.39 is 52.2 Å². The van der Waals surface area contributed by atoms with Crippen molar-refractivity contribution in [3.05, 3.63) is 62.8 Å². The van der Waals surface area contributed by atoms with Crippen LogP contribution in [0.5, 0.6) is 5.75 Å². The average Bonchev–Trinajstić information content (AvgIpc) is 2.95. The fraction of sp³-hybridized carbons (Fsp3) is 0.435. The number of aromatic hydroxyl groups is 1. The molecule has 2 aromatic rings. The summed E-state index contributed by atoms with van der Waals surface area (Å²) in [6.07, 6.45) is 4.18. The van der Waals surface area contributed by atoms with Gasteiger partial charge in [-0.25, -0.2) is 13.2 Å². The number of halogens is 3. The van der Waals surface area contributed by atoms with Crippen LogP contribution in [0.25, 0.3) is 0 Å². The third-order valence-electron chi connectivity index (χ3n) is 6.18. The summed E-state index contributed by atoms with van der Waals surface area (Å²) in [4.78, 5) is 39.2. The Bertz CT molecular complexity index is 1100. The van der Waals surface area contributed by atoms with Crippen molar-refractivity contribution in [2.24, 2.45) is 5.92 Å². The molecular weight excluding hydrogens is 439 g/mol. The van der Waals surface area contributed by atoms with Crippen LogP contribution >= 0.6 is 0 Å². The number of carbonyl (C=O) groups is 2. The van der Waals surface area contributed by atoms with Crippen molar-refractivity contribution in [3.8, 4) is 5.75 Å². The Labute approximate surface area is 188 Å². The van der Waals surface area contributed by atoms with Gasteiger partial charge in [0.25, 0.3) is 5.91 Å². The van der Waals surface area contributed by atoms with E-state index in [1.54, 1.807) is 0 Å². The number of aldehydes is 1. The van der Waals surface area contributed by atoms with Crippen LogP contribution in [-0.4, -0.2) is 46.9 Å². The first kappa shape index (κ1) is 24.5. The summed E-state index contributed by atoms with van der Waals surface area (Å²) in [6.45, 7) is 2.74. The normalized spacial score (nSPS) is 19.2. The zero-order valence-electron chi connectivity index (χ0n) is 18.4. The highest BCUT2D eigenvalue weighted by molar-refractivity contribution is 5.95. The molecule has 0 saturated carbocycles. The van der Waals surface area contributed by atoms with Gasteiger partial charge in [0.05, 0.1) is 0 Å². The Kier molecular flexibility index (Phi) is 7.57. The van der Waals surface area contributed by atoms with E-state index in [0.717, 1.165) is 25.8 Å². The maximum atomic E-state index is 13.9. The van der Waals surface area contributed by atoms with Gasteiger partial charge < -0.3 is 19.9 Å². The predicted molar refractivity (Wildman–Crippen MR) is 115 cm³/mol. The molecule has 1 fully saturated rings. The van der Waals surface area contributed by atoms with E-state index >= 15 is 0 Å². The molecule has 1 aliphatic rings. The first-order valence-corrected chi connectivity index (χ1v) is 10.7. The maximum absolute atomic E-state index is 13.9.